The molecule has 9 heteroatoms. The third-order valence-corrected chi connectivity index (χ3v) is 10.0. The molecule has 0 aromatic carbocycles. The zero-order valence-corrected chi connectivity index (χ0v) is 25.0. The highest BCUT2D eigenvalue weighted by atomic mass is 16.4. The van der Waals surface area contributed by atoms with Gasteiger partial charge in [0.2, 0.25) is 17.7 Å². The summed E-state index contributed by atoms with van der Waals surface area (Å²) in [5, 5.41) is 16.0. The summed E-state index contributed by atoms with van der Waals surface area (Å²) in [5.74, 6) is -2.20. The number of hydrogen-bond acceptors (Lipinski definition) is 5. The number of carboxylic acids is 1. The van der Waals surface area contributed by atoms with E-state index in [0.29, 0.717) is 6.42 Å². The highest BCUT2D eigenvalue weighted by Gasteiger charge is 2.41. The lowest BCUT2D eigenvalue weighted by atomic mass is 9.80. The summed E-state index contributed by atoms with van der Waals surface area (Å²) in [4.78, 5) is 54.7. The number of amides is 3. The van der Waals surface area contributed by atoms with Crippen LogP contribution in [0.2, 0.25) is 0 Å². The Morgan fingerprint density at radius 2 is 1.18 bits per heavy atom. The molecule has 40 heavy (non-hydrogen) atoms. The lowest BCUT2D eigenvalue weighted by Crippen LogP contribution is -2.61. The fraction of sp³-hybridized carbons (Fsp3) is 0.871. The second kappa shape index (κ2) is 15.7. The molecule has 0 bridgehead atoms. The van der Waals surface area contributed by atoms with Crippen molar-refractivity contribution < 1.29 is 24.3 Å². The number of nitrogens with zero attached hydrogens (tertiary/aromatic N) is 1. The quantitative estimate of drug-likeness (QED) is 0.283. The molecule has 3 aliphatic carbocycles. The van der Waals surface area contributed by atoms with Gasteiger partial charge in [-0.05, 0) is 62.2 Å². The molecule has 3 aliphatic rings. The minimum Gasteiger partial charge on any atom is -0.480 e. The molecule has 3 rings (SSSR count). The van der Waals surface area contributed by atoms with Crippen LogP contribution in [0.25, 0.3) is 0 Å². The van der Waals surface area contributed by atoms with Gasteiger partial charge in [-0.3, -0.25) is 14.4 Å². The Morgan fingerprint density at radius 1 is 0.750 bits per heavy atom. The third-order valence-electron chi connectivity index (χ3n) is 10.0. The SMILES string of the molecule is CC[C@H](C)[C@H](C(=O)O)N(C)C(=O)[C@H](NC(=O)[C@H](NC(=O)[C@H](N)C1CCCCC1)C1CCCCC1)C1CCCCC1. The predicted octanol–water partition coefficient (Wildman–Crippen LogP) is 3.98. The molecular formula is C31H54N4O5. The maximum absolute atomic E-state index is 14.0. The molecule has 0 aromatic rings. The van der Waals surface area contributed by atoms with Crippen molar-refractivity contribution >= 4 is 23.7 Å². The molecule has 0 heterocycles. The molecule has 5 N–H and O–H groups in total. The van der Waals surface area contributed by atoms with Crippen molar-refractivity contribution in [2.45, 2.75) is 141 Å². The Kier molecular flexibility index (Phi) is 12.7. The maximum Gasteiger partial charge on any atom is 0.326 e. The van der Waals surface area contributed by atoms with E-state index in [-0.39, 0.29) is 41.4 Å². The molecule has 0 unspecified atom stereocenters. The van der Waals surface area contributed by atoms with E-state index in [4.69, 9.17) is 5.73 Å². The highest BCUT2D eigenvalue weighted by molar-refractivity contribution is 5.94. The summed E-state index contributed by atoms with van der Waals surface area (Å²) in [6, 6.07) is -3.19. The number of carboxylic acid groups (broad SMARTS) is 1. The van der Waals surface area contributed by atoms with Crippen LogP contribution in [0.3, 0.4) is 0 Å². The lowest BCUT2D eigenvalue weighted by Gasteiger charge is -2.38. The minimum atomic E-state index is -1.04. The number of hydrogen-bond donors (Lipinski definition) is 4. The summed E-state index contributed by atoms with van der Waals surface area (Å²) >= 11 is 0. The lowest BCUT2D eigenvalue weighted by molar-refractivity contribution is -0.153. The molecule has 228 valence electrons. The Hall–Kier alpha value is -2.16. The fourth-order valence-electron chi connectivity index (χ4n) is 7.28. The first-order chi connectivity index (χ1) is 19.1. The van der Waals surface area contributed by atoms with Crippen molar-refractivity contribution in [2.75, 3.05) is 7.05 Å². The van der Waals surface area contributed by atoms with Crippen LogP contribution in [0.5, 0.6) is 0 Å². The van der Waals surface area contributed by atoms with E-state index in [1.807, 2.05) is 13.8 Å². The molecule has 3 amide bonds. The first kappa shape index (κ1) is 32.4. The summed E-state index contributed by atoms with van der Waals surface area (Å²) < 4.78 is 0. The van der Waals surface area contributed by atoms with Gasteiger partial charge in [0.15, 0.2) is 0 Å². The average molecular weight is 563 g/mol. The van der Waals surface area contributed by atoms with Gasteiger partial charge in [-0.2, -0.15) is 0 Å². The number of aliphatic carboxylic acids is 1. The highest BCUT2D eigenvalue weighted by Crippen LogP contribution is 2.31. The van der Waals surface area contributed by atoms with Crippen LogP contribution in [0.15, 0.2) is 0 Å². The van der Waals surface area contributed by atoms with Crippen molar-refractivity contribution in [3.05, 3.63) is 0 Å². The summed E-state index contributed by atoms with van der Waals surface area (Å²) in [5.41, 5.74) is 6.42. The molecule has 5 atom stereocenters. The molecule has 0 saturated heterocycles. The van der Waals surface area contributed by atoms with Crippen LogP contribution >= 0.6 is 0 Å². The van der Waals surface area contributed by atoms with Crippen LogP contribution in [0.1, 0.15) is 117 Å². The molecule has 0 radical (unpaired) electrons. The fourth-order valence-corrected chi connectivity index (χ4v) is 7.28. The van der Waals surface area contributed by atoms with Gasteiger partial charge in [0, 0.05) is 7.05 Å². The molecular weight excluding hydrogens is 508 g/mol. The maximum atomic E-state index is 14.0. The molecule has 0 spiro atoms. The number of nitrogens with one attached hydrogen (secondary N) is 2. The summed E-state index contributed by atoms with van der Waals surface area (Å²) in [6.45, 7) is 3.75. The van der Waals surface area contributed by atoms with Crippen LogP contribution in [0, 0.1) is 23.7 Å². The zero-order chi connectivity index (χ0) is 29.2. The molecule has 3 fully saturated rings. The van der Waals surface area contributed by atoms with Crippen molar-refractivity contribution in [1.82, 2.24) is 15.5 Å². The van der Waals surface area contributed by atoms with Gasteiger partial charge >= 0.3 is 5.97 Å². The molecule has 0 aliphatic heterocycles. The van der Waals surface area contributed by atoms with E-state index in [1.54, 1.807) is 7.05 Å². The van der Waals surface area contributed by atoms with Crippen molar-refractivity contribution in [2.24, 2.45) is 29.4 Å². The number of rotatable bonds is 12. The first-order valence-corrected chi connectivity index (χ1v) is 16.0. The normalized spacial score (nSPS) is 23.3. The van der Waals surface area contributed by atoms with E-state index < -0.39 is 30.1 Å². The number of likely N-dealkylation sites (N-methyl/N-ethyl adjacent to an activating group) is 1. The standard InChI is InChI=1S/C31H54N4O5/c1-4-20(2)27(31(39)40)35(3)30(38)26(23-18-12-7-13-19-23)34-29(37)25(22-16-10-6-11-17-22)33-28(36)24(32)21-14-8-5-9-15-21/h20-27H,4-19,32H2,1-3H3,(H,33,36)(H,34,37)(H,39,40)/t20-,24+,25+,26+,27+/m0/s1. The number of carbonyl (C=O) groups excluding carboxylic acids is 3. The van der Waals surface area contributed by atoms with Gasteiger partial charge in [-0.1, -0.05) is 78.1 Å². The second-order valence-corrected chi connectivity index (χ2v) is 12.8. The van der Waals surface area contributed by atoms with Crippen LogP contribution in [-0.4, -0.2) is 64.9 Å². The van der Waals surface area contributed by atoms with Crippen LogP contribution < -0.4 is 16.4 Å². The number of nitrogens with two attached hydrogens (primary N) is 1. The monoisotopic (exact) mass is 562 g/mol. The third kappa shape index (κ3) is 8.43. The van der Waals surface area contributed by atoms with Crippen molar-refractivity contribution in [3.63, 3.8) is 0 Å². The summed E-state index contributed by atoms with van der Waals surface area (Å²) in [6.07, 6.45) is 15.2. The largest absolute Gasteiger partial charge is 0.480 e. The van der Waals surface area contributed by atoms with Gasteiger partial charge < -0.3 is 26.4 Å². The van der Waals surface area contributed by atoms with Gasteiger partial charge in [-0.25, -0.2) is 4.79 Å². The Balaban J connectivity index is 1.82. The number of carbonyl (C=O) groups is 4. The smallest absolute Gasteiger partial charge is 0.326 e. The predicted molar refractivity (Wildman–Crippen MR) is 155 cm³/mol. The van der Waals surface area contributed by atoms with Crippen molar-refractivity contribution in [1.29, 1.82) is 0 Å². The zero-order valence-electron chi connectivity index (χ0n) is 25.0. The van der Waals surface area contributed by atoms with E-state index in [9.17, 15) is 24.3 Å². The van der Waals surface area contributed by atoms with Gasteiger partial charge in [-0.15, -0.1) is 0 Å². The summed E-state index contributed by atoms with van der Waals surface area (Å²) in [7, 11) is 1.54. The van der Waals surface area contributed by atoms with Crippen LogP contribution in [0.4, 0.5) is 0 Å². The van der Waals surface area contributed by atoms with Gasteiger partial charge in [0.1, 0.15) is 18.1 Å². The van der Waals surface area contributed by atoms with E-state index >= 15 is 0 Å². The van der Waals surface area contributed by atoms with Crippen molar-refractivity contribution in [3.8, 4) is 0 Å². The van der Waals surface area contributed by atoms with Gasteiger partial charge in [0.05, 0.1) is 6.04 Å². The van der Waals surface area contributed by atoms with E-state index in [2.05, 4.69) is 10.6 Å². The minimum absolute atomic E-state index is 0.0111. The second-order valence-electron chi connectivity index (χ2n) is 12.8. The molecule has 9 nitrogen and oxygen atoms in total. The Bertz CT molecular complexity index is 849. The van der Waals surface area contributed by atoms with E-state index in [0.717, 1.165) is 89.9 Å². The topological polar surface area (TPSA) is 142 Å². The Labute approximate surface area is 240 Å². The Morgan fingerprint density at radius 3 is 1.62 bits per heavy atom. The first-order valence-electron chi connectivity index (χ1n) is 16.0. The van der Waals surface area contributed by atoms with Crippen LogP contribution in [-0.2, 0) is 19.2 Å². The molecule has 0 aromatic heterocycles. The van der Waals surface area contributed by atoms with E-state index in [1.165, 1.54) is 11.3 Å². The van der Waals surface area contributed by atoms with Gasteiger partial charge in [0.25, 0.3) is 0 Å². The average Bonchev–Trinajstić information content (AvgIpc) is 2.98. The molecule has 3 saturated carbocycles.